The zero-order valence-electron chi connectivity index (χ0n) is 12.3. The second kappa shape index (κ2) is 6.11. The Balaban J connectivity index is 1.37. The van der Waals surface area contributed by atoms with Crippen LogP contribution in [0.1, 0.15) is 58.3 Å². The van der Waals surface area contributed by atoms with Crippen LogP contribution in [0.25, 0.3) is 0 Å². The third-order valence-corrected chi connectivity index (χ3v) is 5.30. The summed E-state index contributed by atoms with van der Waals surface area (Å²) in [6.45, 7) is 5.21. The molecule has 3 fully saturated rings. The lowest BCUT2D eigenvalue weighted by atomic mass is 9.82. The van der Waals surface area contributed by atoms with Crippen molar-refractivity contribution >= 4 is 0 Å². The summed E-state index contributed by atoms with van der Waals surface area (Å²) in [7, 11) is 0. The van der Waals surface area contributed by atoms with Crippen LogP contribution in [0.3, 0.4) is 0 Å². The number of nitrogens with one attached hydrogen (secondary N) is 1. The average Bonchev–Trinajstić information content (AvgIpc) is 2.87. The number of ether oxygens (including phenoxy) is 2. The van der Waals surface area contributed by atoms with E-state index in [1.54, 1.807) is 0 Å². The Bertz CT molecular complexity index is 278. The molecule has 0 bridgehead atoms. The fourth-order valence-electron chi connectivity index (χ4n) is 4.13. The molecule has 0 amide bonds. The van der Waals surface area contributed by atoms with Gasteiger partial charge in [-0.1, -0.05) is 19.8 Å². The van der Waals surface area contributed by atoms with E-state index in [1.165, 1.54) is 45.1 Å². The maximum atomic E-state index is 5.79. The molecule has 3 rings (SSSR count). The highest BCUT2D eigenvalue weighted by molar-refractivity contribution is 4.86. The molecule has 2 atom stereocenters. The standard InChI is InChI=1S/C16H29NO2/c1-13-3-2-4-14(11-13)12-17-15-5-7-16(8-6-15)18-9-10-19-16/h13-15,17H,2-12H2,1H3. The van der Waals surface area contributed by atoms with Gasteiger partial charge in [0.25, 0.3) is 0 Å². The highest BCUT2D eigenvalue weighted by Crippen LogP contribution is 2.36. The monoisotopic (exact) mass is 267 g/mol. The van der Waals surface area contributed by atoms with Gasteiger partial charge in [-0.15, -0.1) is 0 Å². The van der Waals surface area contributed by atoms with Crippen LogP contribution in [-0.2, 0) is 9.47 Å². The summed E-state index contributed by atoms with van der Waals surface area (Å²) in [4.78, 5) is 0. The van der Waals surface area contributed by atoms with Gasteiger partial charge in [0.2, 0.25) is 0 Å². The third kappa shape index (κ3) is 3.50. The molecule has 3 aliphatic rings. The van der Waals surface area contributed by atoms with Gasteiger partial charge in [0.1, 0.15) is 0 Å². The van der Waals surface area contributed by atoms with E-state index in [2.05, 4.69) is 12.2 Å². The van der Waals surface area contributed by atoms with Crippen molar-refractivity contribution in [2.24, 2.45) is 11.8 Å². The Morgan fingerprint density at radius 2 is 1.79 bits per heavy atom. The summed E-state index contributed by atoms with van der Waals surface area (Å²) in [5, 5.41) is 3.81. The van der Waals surface area contributed by atoms with E-state index in [9.17, 15) is 0 Å². The molecule has 0 aromatic heterocycles. The molecule has 1 saturated heterocycles. The van der Waals surface area contributed by atoms with Crippen molar-refractivity contribution in [2.75, 3.05) is 19.8 Å². The van der Waals surface area contributed by atoms with Gasteiger partial charge in [-0.05, 0) is 44.1 Å². The molecule has 19 heavy (non-hydrogen) atoms. The Morgan fingerprint density at radius 1 is 1.05 bits per heavy atom. The van der Waals surface area contributed by atoms with Gasteiger partial charge in [0.05, 0.1) is 13.2 Å². The Morgan fingerprint density at radius 3 is 2.47 bits per heavy atom. The normalized spacial score (nSPS) is 35.8. The molecule has 2 saturated carbocycles. The third-order valence-electron chi connectivity index (χ3n) is 5.30. The summed E-state index contributed by atoms with van der Waals surface area (Å²) >= 11 is 0. The lowest BCUT2D eigenvalue weighted by Crippen LogP contribution is -2.43. The zero-order valence-corrected chi connectivity index (χ0v) is 12.3. The molecular weight excluding hydrogens is 238 g/mol. The van der Waals surface area contributed by atoms with Gasteiger partial charge in [0, 0.05) is 18.9 Å². The molecule has 110 valence electrons. The second-order valence-corrected chi connectivity index (χ2v) is 6.93. The Hall–Kier alpha value is -0.120. The van der Waals surface area contributed by atoms with Gasteiger partial charge in [-0.2, -0.15) is 0 Å². The summed E-state index contributed by atoms with van der Waals surface area (Å²) in [5.74, 6) is 1.66. The first-order valence-electron chi connectivity index (χ1n) is 8.27. The van der Waals surface area contributed by atoms with Crippen LogP contribution in [0.4, 0.5) is 0 Å². The number of hydrogen-bond acceptors (Lipinski definition) is 3. The van der Waals surface area contributed by atoms with Crippen LogP contribution >= 0.6 is 0 Å². The molecule has 1 aliphatic heterocycles. The first kappa shape index (κ1) is 13.8. The van der Waals surface area contributed by atoms with Gasteiger partial charge in [0.15, 0.2) is 5.79 Å². The van der Waals surface area contributed by atoms with Crippen LogP contribution in [0.15, 0.2) is 0 Å². The van der Waals surface area contributed by atoms with E-state index < -0.39 is 0 Å². The van der Waals surface area contributed by atoms with E-state index in [1.807, 2.05) is 0 Å². The molecule has 3 nitrogen and oxygen atoms in total. The smallest absolute Gasteiger partial charge is 0.168 e. The van der Waals surface area contributed by atoms with Gasteiger partial charge in [-0.25, -0.2) is 0 Å². The molecule has 1 spiro atoms. The van der Waals surface area contributed by atoms with Crippen molar-refractivity contribution in [1.29, 1.82) is 0 Å². The molecule has 2 unspecified atom stereocenters. The van der Waals surface area contributed by atoms with Crippen molar-refractivity contribution in [3.63, 3.8) is 0 Å². The molecular formula is C16H29NO2. The average molecular weight is 267 g/mol. The maximum Gasteiger partial charge on any atom is 0.168 e. The molecule has 1 N–H and O–H groups in total. The first-order valence-corrected chi connectivity index (χ1v) is 8.27. The Kier molecular flexibility index (Phi) is 4.45. The molecule has 3 heteroatoms. The SMILES string of the molecule is CC1CCCC(CNC2CCC3(CC2)OCCO3)C1. The molecule has 0 aromatic carbocycles. The van der Waals surface area contributed by atoms with Gasteiger partial charge < -0.3 is 14.8 Å². The van der Waals surface area contributed by atoms with E-state index in [-0.39, 0.29) is 5.79 Å². The molecule has 0 radical (unpaired) electrons. The topological polar surface area (TPSA) is 30.5 Å². The largest absolute Gasteiger partial charge is 0.348 e. The van der Waals surface area contributed by atoms with Crippen molar-refractivity contribution in [3.8, 4) is 0 Å². The minimum Gasteiger partial charge on any atom is -0.348 e. The predicted molar refractivity (Wildman–Crippen MR) is 76.0 cm³/mol. The molecule has 2 aliphatic carbocycles. The molecule has 1 heterocycles. The molecule has 0 aromatic rings. The first-order chi connectivity index (χ1) is 9.26. The number of rotatable bonds is 3. The lowest BCUT2D eigenvalue weighted by Gasteiger charge is -2.36. The summed E-state index contributed by atoms with van der Waals surface area (Å²) in [5.41, 5.74) is 0. The van der Waals surface area contributed by atoms with Crippen molar-refractivity contribution in [3.05, 3.63) is 0 Å². The van der Waals surface area contributed by atoms with Crippen LogP contribution in [-0.4, -0.2) is 31.6 Å². The van der Waals surface area contributed by atoms with Crippen LogP contribution in [0.5, 0.6) is 0 Å². The summed E-state index contributed by atoms with van der Waals surface area (Å²) in [6.07, 6.45) is 10.3. The summed E-state index contributed by atoms with van der Waals surface area (Å²) < 4.78 is 11.6. The minimum absolute atomic E-state index is 0.197. The van der Waals surface area contributed by atoms with Crippen molar-refractivity contribution in [2.45, 2.75) is 70.1 Å². The highest BCUT2D eigenvalue weighted by atomic mass is 16.7. The lowest BCUT2D eigenvalue weighted by molar-refractivity contribution is -0.179. The van der Waals surface area contributed by atoms with Crippen molar-refractivity contribution in [1.82, 2.24) is 5.32 Å². The van der Waals surface area contributed by atoms with E-state index in [4.69, 9.17) is 9.47 Å². The summed E-state index contributed by atoms with van der Waals surface area (Å²) in [6, 6.07) is 0.690. The van der Waals surface area contributed by atoms with Gasteiger partial charge >= 0.3 is 0 Å². The van der Waals surface area contributed by atoms with E-state index in [0.717, 1.165) is 37.9 Å². The zero-order chi connectivity index (χ0) is 13.1. The Labute approximate surface area is 117 Å². The number of hydrogen-bond donors (Lipinski definition) is 1. The quantitative estimate of drug-likeness (QED) is 0.852. The predicted octanol–water partition coefficient (Wildman–Crippen LogP) is 3.09. The minimum atomic E-state index is -0.197. The van der Waals surface area contributed by atoms with Crippen LogP contribution in [0, 0.1) is 11.8 Å². The van der Waals surface area contributed by atoms with E-state index in [0.29, 0.717) is 6.04 Å². The fourth-order valence-corrected chi connectivity index (χ4v) is 4.13. The van der Waals surface area contributed by atoms with Gasteiger partial charge in [-0.3, -0.25) is 0 Å². The van der Waals surface area contributed by atoms with Crippen molar-refractivity contribution < 1.29 is 9.47 Å². The second-order valence-electron chi connectivity index (χ2n) is 6.93. The fraction of sp³-hybridized carbons (Fsp3) is 1.00. The highest BCUT2D eigenvalue weighted by Gasteiger charge is 2.40. The van der Waals surface area contributed by atoms with Crippen LogP contribution in [0.2, 0.25) is 0 Å². The maximum absolute atomic E-state index is 5.79. The van der Waals surface area contributed by atoms with E-state index >= 15 is 0 Å². The van der Waals surface area contributed by atoms with Crippen LogP contribution < -0.4 is 5.32 Å².